The Balaban J connectivity index is 3.37. The molecule has 0 atom stereocenters. The van der Waals surface area contributed by atoms with Gasteiger partial charge in [-0.15, -0.1) is 11.6 Å². The molecular formula is C11H10ClF2NO5. The summed E-state index contributed by atoms with van der Waals surface area (Å²) in [6.07, 6.45) is -0.447. The number of halogens is 3. The molecule has 0 aliphatic rings. The Morgan fingerprint density at radius 3 is 2.60 bits per heavy atom. The van der Waals surface area contributed by atoms with Gasteiger partial charge in [0.2, 0.25) is 5.75 Å². The van der Waals surface area contributed by atoms with E-state index in [9.17, 15) is 23.7 Å². The Labute approximate surface area is 117 Å². The summed E-state index contributed by atoms with van der Waals surface area (Å²) >= 11 is 5.58. The number of alkyl halides is 3. The Morgan fingerprint density at radius 2 is 2.15 bits per heavy atom. The molecule has 0 aliphatic heterocycles. The molecule has 0 saturated heterocycles. The van der Waals surface area contributed by atoms with Gasteiger partial charge < -0.3 is 9.47 Å². The molecule has 0 spiro atoms. The van der Waals surface area contributed by atoms with E-state index in [-0.39, 0.29) is 11.4 Å². The van der Waals surface area contributed by atoms with E-state index in [0.29, 0.717) is 5.56 Å². The number of nitro groups is 1. The van der Waals surface area contributed by atoms with Gasteiger partial charge in [-0.25, -0.2) is 0 Å². The third-order valence-corrected chi connectivity index (χ3v) is 2.64. The summed E-state index contributed by atoms with van der Waals surface area (Å²) in [5.41, 5.74) is -0.493. The lowest BCUT2D eigenvalue weighted by Crippen LogP contribution is -2.10. The van der Waals surface area contributed by atoms with Gasteiger partial charge in [0.25, 0.3) is 0 Å². The largest absolute Gasteiger partial charge is 0.469 e. The van der Waals surface area contributed by atoms with E-state index >= 15 is 0 Å². The number of rotatable bonds is 6. The van der Waals surface area contributed by atoms with Crippen molar-refractivity contribution < 1.29 is 28.0 Å². The minimum absolute atomic E-state index is 0.0776. The monoisotopic (exact) mass is 309 g/mol. The number of benzene rings is 1. The first-order chi connectivity index (χ1) is 9.38. The first-order valence-electron chi connectivity index (χ1n) is 5.26. The third-order valence-electron chi connectivity index (χ3n) is 2.33. The highest BCUT2D eigenvalue weighted by Crippen LogP contribution is 2.34. The minimum atomic E-state index is -3.23. The highest BCUT2D eigenvalue weighted by atomic mass is 35.5. The number of hydrogen-bond donors (Lipinski definition) is 0. The lowest BCUT2D eigenvalue weighted by Gasteiger charge is -2.10. The predicted molar refractivity (Wildman–Crippen MR) is 65.0 cm³/mol. The lowest BCUT2D eigenvalue weighted by atomic mass is 10.1. The number of carbonyl (C=O) groups excluding carboxylic acids is 1. The van der Waals surface area contributed by atoms with Crippen molar-refractivity contribution in [1.29, 1.82) is 0 Å². The van der Waals surface area contributed by atoms with E-state index in [4.69, 9.17) is 11.6 Å². The Bertz CT molecular complexity index is 524. The zero-order chi connectivity index (χ0) is 15.3. The first-order valence-corrected chi connectivity index (χ1v) is 5.80. The summed E-state index contributed by atoms with van der Waals surface area (Å²) < 4.78 is 33.1. The second kappa shape index (κ2) is 6.99. The van der Waals surface area contributed by atoms with Gasteiger partial charge in [0.05, 0.1) is 18.5 Å². The van der Waals surface area contributed by atoms with E-state index in [2.05, 4.69) is 9.47 Å². The normalized spacial score (nSPS) is 10.4. The van der Waals surface area contributed by atoms with Crippen LogP contribution in [-0.2, 0) is 21.8 Å². The van der Waals surface area contributed by atoms with E-state index in [1.165, 1.54) is 6.07 Å². The topological polar surface area (TPSA) is 78.7 Å². The maximum absolute atomic E-state index is 12.3. The van der Waals surface area contributed by atoms with Crippen LogP contribution in [0.3, 0.4) is 0 Å². The van der Waals surface area contributed by atoms with E-state index in [1.54, 1.807) is 0 Å². The number of hydrogen-bond acceptors (Lipinski definition) is 5. The molecule has 110 valence electrons. The maximum Gasteiger partial charge on any atom is 0.387 e. The fourth-order valence-electron chi connectivity index (χ4n) is 1.56. The van der Waals surface area contributed by atoms with Gasteiger partial charge in [-0.2, -0.15) is 8.78 Å². The van der Waals surface area contributed by atoms with Crippen LogP contribution in [0.25, 0.3) is 0 Å². The summed E-state index contributed by atoms with van der Waals surface area (Å²) in [7, 11) is 1.11. The van der Waals surface area contributed by atoms with Crippen LogP contribution in [0.1, 0.15) is 11.1 Å². The molecule has 0 saturated carbocycles. The van der Waals surface area contributed by atoms with Crippen LogP contribution in [0.4, 0.5) is 14.5 Å². The number of ether oxygens (including phenoxy) is 2. The van der Waals surface area contributed by atoms with Crippen molar-refractivity contribution in [2.75, 3.05) is 7.11 Å². The third kappa shape index (κ3) is 4.02. The van der Waals surface area contributed by atoms with Crippen LogP contribution >= 0.6 is 11.6 Å². The molecule has 1 aromatic carbocycles. The molecule has 6 nitrogen and oxygen atoms in total. The molecule has 20 heavy (non-hydrogen) atoms. The zero-order valence-corrected chi connectivity index (χ0v) is 11.0. The van der Waals surface area contributed by atoms with Crippen LogP contribution in [0, 0.1) is 10.1 Å². The van der Waals surface area contributed by atoms with Crippen LogP contribution in [-0.4, -0.2) is 24.6 Å². The van der Waals surface area contributed by atoms with Crippen molar-refractivity contribution in [3.63, 3.8) is 0 Å². The summed E-state index contributed by atoms with van der Waals surface area (Å²) in [4.78, 5) is 21.3. The van der Waals surface area contributed by atoms with Crippen molar-refractivity contribution in [3.05, 3.63) is 33.4 Å². The average molecular weight is 310 g/mol. The summed E-state index contributed by atoms with van der Waals surface area (Å²) in [6.45, 7) is -3.23. The highest BCUT2D eigenvalue weighted by molar-refractivity contribution is 6.17. The van der Waals surface area contributed by atoms with Crippen molar-refractivity contribution in [2.45, 2.75) is 18.9 Å². The fourth-order valence-corrected chi connectivity index (χ4v) is 1.72. The van der Waals surface area contributed by atoms with Crippen LogP contribution in [0.2, 0.25) is 0 Å². The molecule has 0 aliphatic carbocycles. The van der Waals surface area contributed by atoms with Crippen LogP contribution in [0.15, 0.2) is 12.1 Å². The molecule has 9 heteroatoms. The molecule has 0 bridgehead atoms. The van der Waals surface area contributed by atoms with Gasteiger partial charge in [-0.05, 0) is 17.7 Å². The van der Waals surface area contributed by atoms with Crippen molar-refractivity contribution in [3.8, 4) is 5.75 Å². The number of esters is 1. The first kappa shape index (κ1) is 16.1. The number of nitro benzene ring substituents is 1. The summed E-state index contributed by atoms with van der Waals surface area (Å²) in [5, 5.41) is 11.0. The maximum atomic E-state index is 12.3. The van der Waals surface area contributed by atoms with E-state index < -0.39 is 35.4 Å². The highest BCUT2D eigenvalue weighted by Gasteiger charge is 2.26. The molecule has 1 rings (SSSR count). The van der Waals surface area contributed by atoms with Crippen molar-refractivity contribution >= 4 is 23.3 Å². The molecule has 1 aromatic rings. The zero-order valence-electron chi connectivity index (χ0n) is 10.3. The van der Waals surface area contributed by atoms with Gasteiger partial charge in [0.15, 0.2) is 0 Å². The number of nitrogens with zero attached hydrogens (tertiary/aromatic N) is 1. The van der Waals surface area contributed by atoms with E-state index in [0.717, 1.165) is 13.2 Å². The van der Waals surface area contributed by atoms with Crippen LogP contribution < -0.4 is 4.74 Å². The molecule has 0 aromatic heterocycles. The molecule has 0 fully saturated rings. The van der Waals surface area contributed by atoms with Crippen molar-refractivity contribution in [2.24, 2.45) is 0 Å². The van der Waals surface area contributed by atoms with Crippen molar-refractivity contribution in [1.82, 2.24) is 0 Å². The van der Waals surface area contributed by atoms with Gasteiger partial charge >= 0.3 is 18.3 Å². The standard InChI is InChI=1S/C11H10ClF2NO5/c1-19-9(16)4-7-2-6(5-12)3-8(20-11(13)14)10(7)15(17)18/h2-3,11H,4-5H2,1H3. The lowest BCUT2D eigenvalue weighted by molar-refractivity contribution is -0.387. The molecule has 0 heterocycles. The number of methoxy groups -OCH3 is 1. The quantitative estimate of drug-likeness (QED) is 0.349. The van der Waals surface area contributed by atoms with Gasteiger partial charge in [-0.3, -0.25) is 14.9 Å². The molecular weight excluding hydrogens is 300 g/mol. The molecule has 0 radical (unpaired) electrons. The smallest absolute Gasteiger partial charge is 0.387 e. The number of carbonyl (C=O) groups is 1. The van der Waals surface area contributed by atoms with Crippen LogP contribution in [0.5, 0.6) is 5.75 Å². The molecule has 0 unspecified atom stereocenters. The molecule has 0 amide bonds. The SMILES string of the molecule is COC(=O)Cc1cc(CCl)cc(OC(F)F)c1[N+](=O)[O-]. The van der Waals surface area contributed by atoms with Gasteiger partial charge in [0, 0.05) is 11.4 Å². The molecule has 0 N–H and O–H groups in total. The predicted octanol–water partition coefficient (Wildman–Crippen LogP) is 2.65. The Hall–Kier alpha value is -1.96. The Morgan fingerprint density at radius 1 is 1.50 bits per heavy atom. The summed E-state index contributed by atoms with van der Waals surface area (Å²) in [5.74, 6) is -1.46. The minimum Gasteiger partial charge on any atom is -0.469 e. The summed E-state index contributed by atoms with van der Waals surface area (Å²) in [6, 6.07) is 2.32. The van der Waals surface area contributed by atoms with E-state index in [1.807, 2.05) is 0 Å². The second-order valence-corrected chi connectivity index (χ2v) is 3.89. The second-order valence-electron chi connectivity index (χ2n) is 3.62. The average Bonchev–Trinajstić information content (AvgIpc) is 2.36. The fraction of sp³-hybridized carbons (Fsp3) is 0.364. The van der Waals surface area contributed by atoms with Gasteiger partial charge in [-0.1, -0.05) is 0 Å². The Kier molecular flexibility index (Phi) is 5.63. The van der Waals surface area contributed by atoms with Gasteiger partial charge in [0.1, 0.15) is 0 Å².